The predicted molar refractivity (Wildman–Crippen MR) is 120 cm³/mol. The van der Waals surface area contributed by atoms with Crippen LogP contribution in [0.4, 0.5) is 10.1 Å². The van der Waals surface area contributed by atoms with Crippen molar-refractivity contribution in [1.29, 1.82) is 0 Å². The number of aromatic nitrogens is 2. The Bertz CT molecular complexity index is 1070. The zero-order chi connectivity index (χ0) is 23.1. The molecule has 1 saturated heterocycles. The number of rotatable bonds is 10. The Labute approximate surface area is 187 Å². The fourth-order valence-electron chi connectivity index (χ4n) is 3.52. The molecular formula is C21H29FN4O5S. The Morgan fingerprint density at radius 1 is 1.12 bits per heavy atom. The molecule has 0 N–H and O–H groups in total. The third kappa shape index (κ3) is 5.64. The summed E-state index contributed by atoms with van der Waals surface area (Å²) in [7, 11) is -3.28. The minimum Gasteiger partial charge on any atom is -0.484 e. The number of benzene rings is 1. The minimum atomic E-state index is -3.28. The smallest absolute Gasteiger partial charge is 0.316 e. The maximum Gasteiger partial charge on any atom is 0.316 e. The lowest BCUT2D eigenvalue weighted by atomic mass is 10.3. The Morgan fingerprint density at radius 3 is 2.53 bits per heavy atom. The van der Waals surface area contributed by atoms with E-state index in [-0.39, 0.29) is 23.8 Å². The van der Waals surface area contributed by atoms with Crippen molar-refractivity contribution >= 4 is 15.7 Å². The molecule has 0 aliphatic carbocycles. The number of piperazine rings is 1. The second kappa shape index (κ2) is 10.9. The third-order valence-electron chi connectivity index (χ3n) is 5.08. The number of hydrogen-bond donors (Lipinski definition) is 0. The van der Waals surface area contributed by atoms with Crippen LogP contribution < -0.4 is 15.2 Å². The van der Waals surface area contributed by atoms with E-state index in [1.807, 2.05) is 18.7 Å². The Morgan fingerprint density at radius 2 is 1.88 bits per heavy atom. The van der Waals surface area contributed by atoms with Gasteiger partial charge in [-0.25, -0.2) is 12.8 Å². The van der Waals surface area contributed by atoms with Crippen molar-refractivity contribution in [1.82, 2.24) is 14.1 Å². The lowest BCUT2D eigenvalue weighted by Gasteiger charge is -2.35. The van der Waals surface area contributed by atoms with Gasteiger partial charge in [0, 0.05) is 32.8 Å². The average Bonchev–Trinajstić information content (AvgIpc) is 2.77. The summed E-state index contributed by atoms with van der Waals surface area (Å²) in [6.45, 7) is 6.11. The predicted octanol–water partition coefficient (Wildman–Crippen LogP) is 1.65. The Kier molecular flexibility index (Phi) is 8.21. The van der Waals surface area contributed by atoms with E-state index in [0.29, 0.717) is 51.5 Å². The van der Waals surface area contributed by atoms with E-state index >= 15 is 0 Å². The van der Waals surface area contributed by atoms with Crippen LogP contribution in [-0.4, -0.2) is 74.3 Å². The highest BCUT2D eigenvalue weighted by molar-refractivity contribution is 7.89. The quantitative estimate of drug-likeness (QED) is 0.490. The fourth-order valence-corrected chi connectivity index (χ4v) is 5.02. The topological polar surface area (TPSA) is 94.0 Å². The first kappa shape index (κ1) is 24.1. The van der Waals surface area contributed by atoms with E-state index in [2.05, 4.69) is 5.10 Å². The van der Waals surface area contributed by atoms with Gasteiger partial charge in [0.25, 0.3) is 0 Å². The van der Waals surface area contributed by atoms with Crippen molar-refractivity contribution in [2.45, 2.75) is 20.3 Å². The number of anilines is 1. The monoisotopic (exact) mass is 468 g/mol. The standard InChI is InChI=1S/C21H29FN4O5S/c1-3-14-32(28,29)25-10-8-24(9-11-25)19-16-23-26(18-7-5-6-17(22)15-18)21(27)20(19)31-13-12-30-4-2/h5-7,15-16H,3-4,8-14H2,1-2H3. The van der Waals surface area contributed by atoms with Crippen LogP contribution in [0.1, 0.15) is 20.3 Å². The van der Waals surface area contributed by atoms with Gasteiger partial charge < -0.3 is 14.4 Å². The molecule has 176 valence electrons. The number of halogens is 1. The van der Waals surface area contributed by atoms with Crippen molar-refractivity contribution in [2.24, 2.45) is 0 Å². The SMILES string of the molecule is CCCS(=O)(=O)N1CCN(c2cnn(-c3cccc(F)c3)c(=O)c2OCCOCC)CC1. The summed E-state index contributed by atoms with van der Waals surface area (Å²) in [5.41, 5.74) is 0.240. The normalized spacial score (nSPS) is 15.2. The molecule has 11 heteroatoms. The molecule has 2 heterocycles. The minimum absolute atomic E-state index is 0.0776. The summed E-state index contributed by atoms with van der Waals surface area (Å²) in [5, 5.41) is 4.22. The molecule has 0 spiro atoms. The first-order valence-electron chi connectivity index (χ1n) is 10.7. The summed E-state index contributed by atoms with van der Waals surface area (Å²) >= 11 is 0. The maximum atomic E-state index is 13.7. The highest BCUT2D eigenvalue weighted by Gasteiger charge is 2.28. The molecule has 0 amide bonds. The molecule has 1 aromatic carbocycles. The first-order chi connectivity index (χ1) is 15.4. The molecule has 0 bridgehead atoms. The molecular weight excluding hydrogens is 439 g/mol. The Balaban J connectivity index is 1.88. The molecule has 0 radical (unpaired) electrons. The van der Waals surface area contributed by atoms with Gasteiger partial charge in [-0.15, -0.1) is 0 Å². The molecule has 1 aromatic heterocycles. The summed E-state index contributed by atoms with van der Waals surface area (Å²) in [6.07, 6.45) is 2.06. The van der Waals surface area contributed by atoms with Crippen LogP contribution in [0.15, 0.2) is 35.3 Å². The van der Waals surface area contributed by atoms with Crippen molar-refractivity contribution in [2.75, 3.05) is 56.7 Å². The van der Waals surface area contributed by atoms with E-state index in [1.165, 1.54) is 28.7 Å². The molecule has 2 aromatic rings. The van der Waals surface area contributed by atoms with E-state index in [0.717, 1.165) is 4.68 Å². The van der Waals surface area contributed by atoms with Gasteiger partial charge in [-0.2, -0.15) is 14.1 Å². The third-order valence-corrected chi connectivity index (χ3v) is 7.16. The van der Waals surface area contributed by atoms with Crippen LogP contribution in [0.2, 0.25) is 0 Å². The van der Waals surface area contributed by atoms with Gasteiger partial charge >= 0.3 is 5.56 Å². The van der Waals surface area contributed by atoms with Gasteiger partial charge in [0.2, 0.25) is 15.8 Å². The molecule has 0 saturated carbocycles. The molecule has 1 aliphatic heterocycles. The number of hydrogen-bond acceptors (Lipinski definition) is 7. The average molecular weight is 469 g/mol. The van der Waals surface area contributed by atoms with Crippen LogP contribution in [0.25, 0.3) is 5.69 Å². The van der Waals surface area contributed by atoms with Gasteiger partial charge in [-0.05, 0) is 31.5 Å². The summed E-state index contributed by atoms with van der Waals surface area (Å²) in [4.78, 5) is 15.1. The van der Waals surface area contributed by atoms with Gasteiger partial charge in [0.1, 0.15) is 18.1 Å². The van der Waals surface area contributed by atoms with Crippen LogP contribution in [0.5, 0.6) is 5.75 Å². The van der Waals surface area contributed by atoms with E-state index in [1.54, 1.807) is 6.07 Å². The zero-order valence-corrected chi connectivity index (χ0v) is 19.2. The summed E-state index contributed by atoms with van der Waals surface area (Å²) < 4.78 is 52.0. The molecule has 32 heavy (non-hydrogen) atoms. The lowest BCUT2D eigenvalue weighted by molar-refractivity contribution is 0.109. The maximum absolute atomic E-state index is 13.7. The van der Waals surface area contributed by atoms with Gasteiger partial charge in [0.05, 0.1) is 24.2 Å². The second-order valence-corrected chi connectivity index (χ2v) is 9.39. The van der Waals surface area contributed by atoms with Crippen LogP contribution in [0, 0.1) is 5.82 Å². The first-order valence-corrected chi connectivity index (χ1v) is 12.3. The zero-order valence-electron chi connectivity index (χ0n) is 18.4. The molecule has 9 nitrogen and oxygen atoms in total. The van der Waals surface area contributed by atoms with Crippen molar-refractivity contribution in [3.63, 3.8) is 0 Å². The van der Waals surface area contributed by atoms with Gasteiger partial charge in [-0.3, -0.25) is 4.79 Å². The molecule has 1 aliphatic rings. The van der Waals surface area contributed by atoms with Crippen LogP contribution in [-0.2, 0) is 14.8 Å². The molecule has 3 rings (SSSR count). The van der Waals surface area contributed by atoms with E-state index < -0.39 is 21.4 Å². The highest BCUT2D eigenvalue weighted by Crippen LogP contribution is 2.26. The number of ether oxygens (including phenoxy) is 2. The van der Waals surface area contributed by atoms with Gasteiger partial charge in [-0.1, -0.05) is 13.0 Å². The highest BCUT2D eigenvalue weighted by atomic mass is 32.2. The van der Waals surface area contributed by atoms with Crippen molar-refractivity contribution < 1.29 is 22.3 Å². The van der Waals surface area contributed by atoms with E-state index in [4.69, 9.17) is 9.47 Å². The number of sulfonamides is 1. The lowest BCUT2D eigenvalue weighted by Crippen LogP contribution is -2.49. The second-order valence-electron chi connectivity index (χ2n) is 7.30. The van der Waals surface area contributed by atoms with Crippen LogP contribution >= 0.6 is 0 Å². The van der Waals surface area contributed by atoms with Gasteiger partial charge in [0.15, 0.2) is 0 Å². The fraction of sp³-hybridized carbons (Fsp3) is 0.524. The molecule has 0 unspecified atom stereocenters. The summed E-state index contributed by atoms with van der Waals surface area (Å²) in [5.74, 6) is -0.290. The largest absolute Gasteiger partial charge is 0.484 e. The molecule has 0 atom stereocenters. The van der Waals surface area contributed by atoms with E-state index in [9.17, 15) is 17.6 Å². The van der Waals surface area contributed by atoms with Crippen molar-refractivity contribution in [3.05, 3.63) is 46.6 Å². The van der Waals surface area contributed by atoms with Crippen molar-refractivity contribution in [3.8, 4) is 11.4 Å². The number of nitrogens with zero attached hydrogens (tertiary/aromatic N) is 4. The summed E-state index contributed by atoms with van der Waals surface area (Å²) in [6, 6.07) is 5.58. The van der Waals surface area contributed by atoms with Crippen LogP contribution in [0.3, 0.4) is 0 Å². The molecule has 1 fully saturated rings. The Hall–Kier alpha value is -2.50.